The molecule has 20 heavy (non-hydrogen) atoms. The number of nitrogens with one attached hydrogen (secondary N) is 2. The fraction of sp³-hybridized carbons (Fsp3) is 0.556. The maximum absolute atomic E-state index is 3.54. The number of hydrogen-bond acceptors (Lipinski definition) is 2. The quantitative estimate of drug-likeness (QED) is 0.679. The second kappa shape index (κ2) is 6.83. The van der Waals surface area contributed by atoms with E-state index in [-0.39, 0.29) is 11.1 Å². The molecular formula is C18H28N2. The first-order valence-electron chi connectivity index (χ1n) is 7.98. The summed E-state index contributed by atoms with van der Waals surface area (Å²) in [6, 6.07) is 0. The van der Waals surface area contributed by atoms with Crippen molar-refractivity contribution in [1.82, 2.24) is 10.6 Å². The Morgan fingerprint density at radius 2 is 1.15 bits per heavy atom. The molecule has 0 amide bonds. The minimum Gasteiger partial charge on any atom is -0.382 e. The molecule has 0 saturated heterocycles. The molecule has 0 aliphatic carbocycles. The summed E-state index contributed by atoms with van der Waals surface area (Å²) in [7, 11) is 0. The topological polar surface area (TPSA) is 24.1 Å². The molecule has 2 aliphatic heterocycles. The highest BCUT2D eigenvalue weighted by Gasteiger charge is 2.26. The predicted octanol–water partition coefficient (Wildman–Crippen LogP) is 4.19. The van der Waals surface area contributed by atoms with Gasteiger partial charge in [0.15, 0.2) is 0 Å². The van der Waals surface area contributed by atoms with Gasteiger partial charge in [-0.2, -0.15) is 0 Å². The SMILES string of the molecule is CCC1(CCCCC2(CC)C=CC=CN2)C=CC=CN1. The summed E-state index contributed by atoms with van der Waals surface area (Å²) in [5.41, 5.74) is 0.369. The summed E-state index contributed by atoms with van der Waals surface area (Å²) in [4.78, 5) is 0. The molecule has 0 aromatic heterocycles. The van der Waals surface area contributed by atoms with Crippen molar-refractivity contribution in [3.8, 4) is 0 Å². The van der Waals surface area contributed by atoms with Crippen LogP contribution in [0.1, 0.15) is 52.4 Å². The van der Waals surface area contributed by atoms with Gasteiger partial charge in [0.2, 0.25) is 0 Å². The van der Waals surface area contributed by atoms with Gasteiger partial charge in [-0.3, -0.25) is 0 Å². The van der Waals surface area contributed by atoms with E-state index in [0.29, 0.717) is 0 Å². The van der Waals surface area contributed by atoms with E-state index in [9.17, 15) is 0 Å². The number of dihydropyridines is 2. The second-order valence-electron chi connectivity index (χ2n) is 5.95. The lowest BCUT2D eigenvalue weighted by Gasteiger charge is -2.34. The van der Waals surface area contributed by atoms with Gasteiger partial charge in [-0.15, -0.1) is 0 Å². The van der Waals surface area contributed by atoms with E-state index in [2.05, 4.69) is 73.3 Å². The van der Waals surface area contributed by atoms with Crippen molar-refractivity contribution in [2.75, 3.05) is 0 Å². The minimum absolute atomic E-state index is 0.184. The molecule has 2 aliphatic rings. The lowest BCUT2D eigenvalue weighted by Crippen LogP contribution is -2.42. The Balaban J connectivity index is 1.78. The molecule has 2 rings (SSSR count). The zero-order valence-electron chi connectivity index (χ0n) is 12.9. The molecule has 2 N–H and O–H groups in total. The van der Waals surface area contributed by atoms with Gasteiger partial charge in [0, 0.05) is 0 Å². The lowest BCUT2D eigenvalue weighted by molar-refractivity contribution is 0.350. The van der Waals surface area contributed by atoms with Gasteiger partial charge in [0.1, 0.15) is 0 Å². The highest BCUT2D eigenvalue weighted by Crippen LogP contribution is 2.27. The van der Waals surface area contributed by atoms with Crippen LogP contribution in [0.5, 0.6) is 0 Å². The largest absolute Gasteiger partial charge is 0.382 e. The molecule has 0 saturated carbocycles. The zero-order valence-corrected chi connectivity index (χ0v) is 12.9. The Kier molecular flexibility index (Phi) is 5.11. The second-order valence-corrected chi connectivity index (χ2v) is 5.95. The summed E-state index contributed by atoms with van der Waals surface area (Å²) in [6.07, 6.45) is 24.5. The van der Waals surface area contributed by atoms with Gasteiger partial charge in [-0.05, 0) is 50.2 Å². The number of rotatable bonds is 7. The van der Waals surface area contributed by atoms with Crippen LogP contribution in [0.25, 0.3) is 0 Å². The average molecular weight is 272 g/mol. The molecule has 0 aromatic carbocycles. The molecule has 2 heterocycles. The Morgan fingerprint density at radius 3 is 1.45 bits per heavy atom. The van der Waals surface area contributed by atoms with Crippen molar-refractivity contribution in [1.29, 1.82) is 0 Å². The van der Waals surface area contributed by atoms with Crippen LogP contribution >= 0.6 is 0 Å². The van der Waals surface area contributed by atoms with Crippen LogP contribution in [0.4, 0.5) is 0 Å². The van der Waals surface area contributed by atoms with E-state index < -0.39 is 0 Å². The van der Waals surface area contributed by atoms with Crippen molar-refractivity contribution in [2.24, 2.45) is 0 Å². The van der Waals surface area contributed by atoms with Gasteiger partial charge in [0.25, 0.3) is 0 Å². The number of allylic oxidation sites excluding steroid dienone is 4. The first kappa shape index (κ1) is 15.0. The summed E-state index contributed by atoms with van der Waals surface area (Å²) in [5, 5.41) is 7.07. The summed E-state index contributed by atoms with van der Waals surface area (Å²) >= 11 is 0. The highest BCUT2D eigenvalue weighted by molar-refractivity contribution is 5.20. The van der Waals surface area contributed by atoms with Gasteiger partial charge in [0.05, 0.1) is 11.1 Å². The average Bonchev–Trinajstić information content (AvgIpc) is 2.53. The Hall–Kier alpha value is -1.44. The smallest absolute Gasteiger partial charge is 0.0551 e. The normalized spacial score (nSPS) is 31.1. The molecule has 0 aromatic rings. The Bertz CT molecular complexity index is 379. The number of unbranched alkanes of at least 4 members (excludes halogenated alkanes) is 1. The van der Waals surface area contributed by atoms with Crippen LogP contribution in [0.3, 0.4) is 0 Å². The van der Waals surface area contributed by atoms with Crippen LogP contribution in [-0.2, 0) is 0 Å². The van der Waals surface area contributed by atoms with Gasteiger partial charge in [-0.1, -0.05) is 51.0 Å². The van der Waals surface area contributed by atoms with Crippen LogP contribution in [0.15, 0.2) is 48.9 Å². The molecule has 110 valence electrons. The summed E-state index contributed by atoms with van der Waals surface area (Å²) in [5.74, 6) is 0. The van der Waals surface area contributed by atoms with Gasteiger partial charge in [-0.25, -0.2) is 0 Å². The number of hydrogen-bond donors (Lipinski definition) is 2. The van der Waals surface area contributed by atoms with Gasteiger partial charge >= 0.3 is 0 Å². The summed E-state index contributed by atoms with van der Waals surface area (Å²) in [6.45, 7) is 4.53. The zero-order chi connectivity index (χ0) is 14.3. The van der Waals surface area contributed by atoms with Crippen molar-refractivity contribution >= 4 is 0 Å². The molecule has 2 unspecified atom stereocenters. The van der Waals surface area contributed by atoms with Crippen LogP contribution in [-0.4, -0.2) is 11.1 Å². The van der Waals surface area contributed by atoms with E-state index >= 15 is 0 Å². The molecule has 0 bridgehead atoms. The van der Waals surface area contributed by atoms with Crippen LogP contribution < -0.4 is 10.6 Å². The molecule has 2 atom stereocenters. The first-order valence-corrected chi connectivity index (χ1v) is 7.98. The first-order chi connectivity index (χ1) is 9.74. The third-order valence-electron chi connectivity index (χ3n) is 4.74. The maximum atomic E-state index is 3.54. The van der Waals surface area contributed by atoms with Crippen LogP contribution in [0.2, 0.25) is 0 Å². The predicted molar refractivity (Wildman–Crippen MR) is 87.3 cm³/mol. The lowest BCUT2D eigenvalue weighted by atomic mass is 9.84. The molecule has 0 spiro atoms. The maximum Gasteiger partial charge on any atom is 0.0551 e. The monoisotopic (exact) mass is 272 g/mol. The van der Waals surface area contributed by atoms with Crippen LogP contribution in [0, 0.1) is 0 Å². The van der Waals surface area contributed by atoms with Gasteiger partial charge < -0.3 is 10.6 Å². The van der Waals surface area contributed by atoms with E-state index in [0.717, 1.165) is 12.8 Å². The minimum atomic E-state index is 0.184. The third kappa shape index (κ3) is 3.56. The Morgan fingerprint density at radius 1 is 0.700 bits per heavy atom. The van der Waals surface area contributed by atoms with E-state index in [1.807, 2.05) is 0 Å². The summed E-state index contributed by atoms with van der Waals surface area (Å²) < 4.78 is 0. The van der Waals surface area contributed by atoms with Crippen molar-refractivity contribution in [2.45, 2.75) is 63.5 Å². The fourth-order valence-corrected chi connectivity index (χ4v) is 3.10. The van der Waals surface area contributed by atoms with E-state index in [1.54, 1.807) is 0 Å². The molecule has 2 nitrogen and oxygen atoms in total. The van der Waals surface area contributed by atoms with Crippen molar-refractivity contribution in [3.63, 3.8) is 0 Å². The molecule has 0 fully saturated rings. The molecule has 0 radical (unpaired) electrons. The van der Waals surface area contributed by atoms with E-state index in [4.69, 9.17) is 0 Å². The highest BCUT2D eigenvalue weighted by atomic mass is 15.0. The van der Waals surface area contributed by atoms with Crippen molar-refractivity contribution in [3.05, 3.63) is 48.9 Å². The molecule has 2 heteroatoms. The Labute approximate surface area is 123 Å². The fourth-order valence-electron chi connectivity index (χ4n) is 3.10. The van der Waals surface area contributed by atoms with Crippen molar-refractivity contribution < 1.29 is 0 Å². The van der Waals surface area contributed by atoms with E-state index in [1.165, 1.54) is 25.7 Å². The molecular weight excluding hydrogens is 244 g/mol. The third-order valence-corrected chi connectivity index (χ3v) is 4.74. The standard InChI is InChI=1S/C18H28N2/c1-3-17(13-7-9-15-19-17)11-5-6-12-18(4-2)14-8-10-16-20-18/h7-10,13-16,19-20H,3-6,11-12H2,1-2H3.